The Balaban J connectivity index is 1.61. The maximum atomic E-state index is 6.00. The largest absolute Gasteiger partial charge is 0.370 e. The second kappa shape index (κ2) is 4.94. The van der Waals surface area contributed by atoms with E-state index in [0.717, 1.165) is 24.4 Å². The molecule has 1 aliphatic rings. The first kappa shape index (κ1) is 11.5. The molecule has 18 heavy (non-hydrogen) atoms. The molecule has 5 nitrogen and oxygen atoms in total. The lowest BCUT2D eigenvalue weighted by molar-refractivity contribution is 0.335. The average Bonchev–Trinajstić information content (AvgIpc) is 2.84. The van der Waals surface area contributed by atoms with E-state index in [4.69, 9.17) is 5.73 Å². The highest BCUT2D eigenvalue weighted by atomic mass is 15.2. The standard InChI is InChI=1S/C13H19N5/c14-11-3-1-2-10(8-11)9-15-12-5-7-18-13(17-12)4-6-16-18/h4-7,10-11H,1-3,8-9,14H2,(H,15,17). The van der Waals surface area contributed by atoms with E-state index in [1.54, 1.807) is 10.7 Å². The number of nitrogens with two attached hydrogens (primary N) is 1. The molecule has 0 radical (unpaired) electrons. The van der Waals surface area contributed by atoms with E-state index in [1.165, 1.54) is 19.3 Å². The predicted molar refractivity (Wildman–Crippen MR) is 71.4 cm³/mol. The van der Waals surface area contributed by atoms with E-state index in [0.29, 0.717) is 12.0 Å². The monoisotopic (exact) mass is 245 g/mol. The first-order valence-electron chi connectivity index (χ1n) is 6.61. The lowest BCUT2D eigenvalue weighted by atomic mass is 9.86. The Kier molecular flexibility index (Phi) is 3.15. The molecule has 0 spiro atoms. The van der Waals surface area contributed by atoms with E-state index in [-0.39, 0.29) is 0 Å². The topological polar surface area (TPSA) is 68.2 Å². The van der Waals surface area contributed by atoms with Gasteiger partial charge in [0.2, 0.25) is 0 Å². The van der Waals surface area contributed by atoms with Crippen molar-refractivity contribution in [2.75, 3.05) is 11.9 Å². The highest BCUT2D eigenvalue weighted by Gasteiger charge is 2.18. The number of anilines is 1. The quantitative estimate of drug-likeness (QED) is 0.863. The van der Waals surface area contributed by atoms with Crippen molar-refractivity contribution in [2.45, 2.75) is 31.7 Å². The Hall–Kier alpha value is -1.62. The fourth-order valence-electron chi connectivity index (χ4n) is 2.68. The van der Waals surface area contributed by atoms with Crippen LogP contribution in [0.2, 0.25) is 0 Å². The molecule has 1 aliphatic carbocycles. The van der Waals surface area contributed by atoms with Crippen LogP contribution in [0.15, 0.2) is 24.5 Å². The van der Waals surface area contributed by atoms with Gasteiger partial charge >= 0.3 is 0 Å². The zero-order chi connectivity index (χ0) is 12.4. The molecule has 2 aromatic heterocycles. The van der Waals surface area contributed by atoms with Crippen molar-refractivity contribution in [3.05, 3.63) is 24.5 Å². The summed E-state index contributed by atoms with van der Waals surface area (Å²) in [5, 5.41) is 7.54. The van der Waals surface area contributed by atoms with Gasteiger partial charge < -0.3 is 11.1 Å². The summed E-state index contributed by atoms with van der Waals surface area (Å²) < 4.78 is 1.77. The predicted octanol–water partition coefficient (Wildman–Crippen LogP) is 1.66. The molecule has 1 fully saturated rings. The molecule has 0 saturated heterocycles. The molecule has 2 aromatic rings. The number of nitrogens with zero attached hydrogens (tertiary/aromatic N) is 3. The van der Waals surface area contributed by atoms with Gasteiger partial charge in [0, 0.05) is 24.8 Å². The number of nitrogens with one attached hydrogen (secondary N) is 1. The highest BCUT2D eigenvalue weighted by Crippen LogP contribution is 2.23. The molecule has 5 heteroatoms. The summed E-state index contributed by atoms with van der Waals surface area (Å²) >= 11 is 0. The molecule has 1 saturated carbocycles. The molecule has 0 amide bonds. The highest BCUT2D eigenvalue weighted by molar-refractivity contribution is 5.45. The van der Waals surface area contributed by atoms with Crippen molar-refractivity contribution >= 4 is 11.5 Å². The van der Waals surface area contributed by atoms with Crippen LogP contribution in [0.3, 0.4) is 0 Å². The summed E-state index contributed by atoms with van der Waals surface area (Å²) in [6, 6.07) is 4.25. The minimum Gasteiger partial charge on any atom is -0.370 e. The summed E-state index contributed by atoms with van der Waals surface area (Å²) in [6.45, 7) is 0.963. The van der Waals surface area contributed by atoms with Crippen LogP contribution in [0.1, 0.15) is 25.7 Å². The molecule has 96 valence electrons. The van der Waals surface area contributed by atoms with E-state index in [2.05, 4.69) is 15.4 Å². The Morgan fingerprint density at radius 2 is 2.33 bits per heavy atom. The van der Waals surface area contributed by atoms with E-state index in [1.807, 2.05) is 18.3 Å². The zero-order valence-corrected chi connectivity index (χ0v) is 10.4. The van der Waals surface area contributed by atoms with Gasteiger partial charge in [0.1, 0.15) is 5.82 Å². The van der Waals surface area contributed by atoms with Gasteiger partial charge in [-0.15, -0.1) is 0 Å². The van der Waals surface area contributed by atoms with Crippen LogP contribution in [0.5, 0.6) is 0 Å². The fraction of sp³-hybridized carbons (Fsp3) is 0.538. The van der Waals surface area contributed by atoms with Crippen molar-refractivity contribution in [3.8, 4) is 0 Å². The van der Waals surface area contributed by atoms with Crippen molar-refractivity contribution in [1.29, 1.82) is 0 Å². The molecule has 0 bridgehead atoms. The molecule has 2 unspecified atom stereocenters. The van der Waals surface area contributed by atoms with Crippen LogP contribution < -0.4 is 11.1 Å². The summed E-state index contributed by atoms with van der Waals surface area (Å²) in [6.07, 6.45) is 8.51. The third-order valence-corrected chi connectivity index (χ3v) is 3.65. The molecule has 0 aromatic carbocycles. The third kappa shape index (κ3) is 2.46. The first-order chi connectivity index (χ1) is 8.81. The second-order valence-electron chi connectivity index (χ2n) is 5.12. The second-order valence-corrected chi connectivity index (χ2v) is 5.12. The number of aromatic nitrogens is 3. The minimum atomic E-state index is 0.385. The number of hydrogen-bond donors (Lipinski definition) is 2. The van der Waals surface area contributed by atoms with Gasteiger partial charge in [-0.05, 0) is 31.2 Å². The van der Waals surface area contributed by atoms with Crippen LogP contribution >= 0.6 is 0 Å². The summed E-state index contributed by atoms with van der Waals surface area (Å²) in [4.78, 5) is 4.50. The van der Waals surface area contributed by atoms with Crippen LogP contribution in [0, 0.1) is 5.92 Å². The SMILES string of the molecule is NC1CCCC(CNc2ccn3nccc3n2)C1. The van der Waals surface area contributed by atoms with Gasteiger partial charge in [-0.25, -0.2) is 9.50 Å². The smallest absolute Gasteiger partial charge is 0.157 e. The molecule has 0 aliphatic heterocycles. The maximum Gasteiger partial charge on any atom is 0.157 e. The lowest BCUT2D eigenvalue weighted by Gasteiger charge is -2.26. The van der Waals surface area contributed by atoms with Crippen LogP contribution in [0.4, 0.5) is 5.82 Å². The molecule has 2 atom stereocenters. The summed E-state index contributed by atoms with van der Waals surface area (Å²) in [7, 11) is 0. The Labute approximate surface area is 106 Å². The van der Waals surface area contributed by atoms with Gasteiger partial charge in [-0.1, -0.05) is 6.42 Å². The molecular formula is C13H19N5. The van der Waals surface area contributed by atoms with Crippen molar-refractivity contribution < 1.29 is 0 Å². The molecule has 3 rings (SSSR count). The first-order valence-corrected chi connectivity index (χ1v) is 6.61. The maximum absolute atomic E-state index is 6.00. The van der Waals surface area contributed by atoms with Gasteiger partial charge in [0.25, 0.3) is 0 Å². The van der Waals surface area contributed by atoms with E-state index < -0.39 is 0 Å². The van der Waals surface area contributed by atoms with Gasteiger partial charge in [0.05, 0.1) is 6.20 Å². The van der Waals surface area contributed by atoms with Crippen LogP contribution in [0.25, 0.3) is 5.65 Å². The van der Waals surface area contributed by atoms with Crippen molar-refractivity contribution in [1.82, 2.24) is 14.6 Å². The fourth-order valence-corrected chi connectivity index (χ4v) is 2.68. The summed E-state index contributed by atoms with van der Waals surface area (Å²) in [5.74, 6) is 1.60. The van der Waals surface area contributed by atoms with Crippen molar-refractivity contribution in [2.24, 2.45) is 11.7 Å². The number of fused-ring (bicyclic) bond motifs is 1. The van der Waals surface area contributed by atoms with Gasteiger partial charge in [-0.3, -0.25) is 0 Å². The zero-order valence-electron chi connectivity index (χ0n) is 10.4. The molecule has 3 N–H and O–H groups in total. The number of hydrogen-bond acceptors (Lipinski definition) is 4. The molecule has 2 heterocycles. The lowest BCUT2D eigenvalue weighted by Crippen LogP contribution is -2.31. The van der Waals surface area contributed by atoms with Crippen LogP contribution in [-0.4, -0.2) is 27.2 Å². The average molecular weight is 245 g/mol. The minimum absolute atomic E-state index is 0.385. The number of rotatable bonds is 3. The van der Waals surface area contributed by atoms with Crippen LogP contribution in [-0.2, 0) is 0 Å². The Morgan fingerprint density at radius 1 is 1.39 bits per heavy atom. The third-order valence-electron chi connectivity index (χ3n) is 3.65. The Morgan fingerprint density at radius 3 is 3.22 bits per heavy atom. The van der Waals surface area contributed by atoms with Gasteiger partial charge in [-0.2, -0.15) is 5.10 Å². The van der Waals surface area contributed by atoms with Crippen molar-refractivity contribution in [3.63, 3.8) is 0 Å². The van der Waals surface area contributed by atoms with Gasteiger partial charge in [0.15, 0.2) is 5.65 Å². The van der Waals surface area contributed by atoms with E-state index >= 15 is 0 Å². The van der Waals surface area contributed by atoms with E-state index in [9.17, 15) is 0 Å². The molecular weight excluding hydrogens is 226 g/mol. The normalized spacial score (nSPS) is 24.3. The Bertz CT molecular complexity index is 521. The summed E-state index contributed by atoms with van der Waals surface area (Å²) in [5.41, 5.74) is 6.87.